The van der Waals surface area contributed by atoms with Crippen molar-refractivity contribution in [2.24, 2.45) is 0 Å². The van der Waals surface area contributed by atoms with Gasteiger partial charge in [0.2, 0.25) is 11.8 Å². The van der Waals surface area contributed by atoms with Crippen molar-refractivity contribution in [3.63, 3.8) is 0 Å². The molecule has 10 heteroatoms. The molecular formula is C25H23ClFN5O3. The van der Waals surface area contributed by atoms with Crippen molar-refractivity contribution in [2.75, 3.05) is 6.61 Å². The van der Waals surface area contributed by atoms with E-state index in [0.29, 0.717) is 75.9 Å². The minimum Gasteiger partial charge on any atom is -0.422 e. The van der Waals surface area contributed by atoms with E-state index in [1.165, 1.54) is 10.6 Å². The van der Waals surface area contributed by atoms with Gasteiger partial charge in [-0.2, -0.15) is 9.61 Å². The van der Waals surface area contributed by atoms with Crippen LogP contribution in [0.25, 0.3) is 16.8 Å². The number of hydrogen-bond donors (Lipinski definition) is 0. The lowest BCUT2D eigenvalue weighted by molar-refractivity contribution is -0.0118. The van der Waals surface area contributed by atoms with Crippen molar-refractivity contribution in [1.82, 2.24) is 24.8 Å². The number of hydrogen-bond acceptors (Lipinski definition) is 7. The van der Waals surface area contributed by atoms with Gasteiger partial charge in [0.1, 0.15) is 11.9 Å². The van der Waals surface area contributed by atoms with E-state index in [9.17, 15) is 4.79 Å². The molecule has 3 aromatic heterocycles. The summed E-state index contributed by atoms with van der Waals surface area (Å²) in [6.07, 6.45) is 3.02. The molecule has 6 rings (SSSR count). The molecule has 0 radical (unpaired) electrons. The number of benzene rings is 1. The van der Waals surface area contributed by atoms with Crippen LogP contribution in [0.15, 0.2) is 33.5 Å². The molecule has 1 aliphatic heterocycles. The van der Waals surface area contributed by atoms with Crippen LogP contribution in [0, 0.1) is 19.7 Å². The van der Waals surface area contributed by atoms with Gasteiger partial charge in [-0.05, 0) is 63.8 Å². The van der Waals surface area contributed by atoms with Crippen LogP contribution in [0.3, 0.4) is 0 Å². The number of aromatic nitrogens is 5. The van der Waals surface area contributed by atoms with Gasteiger partial charge in [0.05, 0.1) is 5.69 Å². The predicted octanol–water partition coefficient (Wildman–Crippen LogP) is 5.06. The van der Waals surface area contributed by atoms with Crippen molar-refractivity contribution in [2.45, 2.75) is 57.5 Å². The molecule has 0 unspecified atom stereocenters. The third-order valence-electron chi connectivity index (χ3n) is 6.86. The van der Waals surface area contributed by atoms with Crippen LogP contribution in [-0.4, -0.2) is 31.4 Å². The quantitative estimate of drug-likeness (QED) is 0.390. The molecule has 1 aliphatic carbocycles. The zero-order valence-corrected chi connectivity index (χ0v) is 20.0. The smallest absolute Gasteiger partial charge is 0.277 e. The van der Waals surface area contributed by atoms with Crippen molar-refractivity contribution >= 4 is 17.2 Å². The summed E-state index contributed by atoms with van der Waals surface area (Å²) in [5, 5.41) is 13.4. The molecule has 8 nitrogen and oxygen atoms in total. The first-order valence-electron chi connectivity index (χ1n) is 11.7. The predicted molar refractivity (Wildman–Crippen MR) is 126 cm³/mol. The maximum absolute atomic E-state index is 15.0. The lowest BCUT2D eigenvalue weighted by Crippen LogP contribution is -2.25. The summed E-state index contributed by atoms with van der Waals surface area (Å²) in [6.45, 7) is 3.95. The Morgan fingerprint density at radius 3 is 2.63 bits per heavy atom. The van der Waals surface area contributed by atoms with E-state index in [-0.39, 0.29) is 17.6 Å². The minimum atomic E-state index is -0.493. The Bertz CT molecular complexity index is 1510. The topological polar surface area (TPSA) is 95.4 Å². The van der Waals surface area contributed by atoms with E-state index < -0.39 is 5.82 Å². The van der Waals surface area contributed by atoms with Crippen molar-refractivity contribution in [3.05, 3.63) is 74.2 Å². The second-order valence-electron chi connectivity index (χ2n) is 9.30. The van der Waals surface area contributed by atoms with E-state index in [4.69, 9.17) is 20.8 Å². The van der Waals surface area contributed by atoms with Crippen LogP contribution in [0.5, 0.6) is 0 Å². The van der Waals surface area contributed by atoms with Gasteiger partial charge in [-0.3, -0.25) is 4.79 Å². The number of fused-ring (bicyclic) bond motifs is 1. The molecule has 1 aromatic carbocycles. The van der Waals surface area contributed by atoms with Crippen LogP contribution in [0.2, 0.25) is 5.02 Å². The fourth-order valence-electron chi connectivity index (χ4n) is 4.54. The second-order valence-corrected chi connectivity index (χ2v) is 9.74. The van der Waals surface area contributed by atoms with Crippen molar-refractivity contribution in [3.8, 4) is 11.1 Å². The highest BCUT2D eigenvalue weighted by molar-refractivity contribution is 6.30. The van der Waals surface area contributed by atoms with E-state index >= 15 is 4.39 Å². The molecule has 0 amide bonds. The summed E-state index contributed by atoms with van der Waals surface area (Å²) >= 11 is 5.99. The van der Waals surface area contributed by atoms with E-state index in [1.807, 2.05) is 6.07 Å². The second kappa shape index (κ2) is 8.49. The highest BCUT2D eigenvalue weighted by Crippen LogP contribution is 2.42. The number of halogens is 2. The Morgan fingerprint density at radius 1 is 1.06 bits per heavy atom. The lowest BCUT2D eigenvalue weighted by atomic mass is 9.91. The molecule has 4 heterocycles. The Morgan fingerprint density at radius 2 is 1.86 bits per heavy atom. The van der Waals surface area contributed by atoms with Gasteiger partial charge in [0.15, 0.2) is 5.65 Å². The third kappa shape index (κ3) is 4.02. The van der Waals surface area contributed by atoms with Crippen LogP contribution in [0.4, 0.5) is 4.39 Å². The molecule has 0 N–H and O–H groups in total. The molecule has 1 saturated carbocycles. The summed E-state index contributed by atoms with van der Waals surface area (Å²) < 4.78 is 28.1. The van der Waals surface area contributed by atoms with Gasteiger partial charge in [0.25, 0.3) is 5.56 Å². The molecule has 4 aromatic rings. The Hall–Kier alpha value is -3.17. The molecule has 2 aliphatic rings. The summed E-state index contributed by atoms with van der Waals surface area (Å²) in [6, 6.07) is 6.29. The van der Waals surface area contributed by atoms with Crippen LogP contribution in [0.1, 0.15) is 72.4 Å². The van der Waals surface area contributed by atoms with E-state index in [1.54, 1.807) is 26.0 Å². The van der Waals surface area contributed by atoms with Gasteiger partial charge in [-0.15, -0.1) is 10.2 Å². The number of ether oxygens (including phenoxy) is 1. The molecule has 0 spiro atoms. The van der Waals surface area contributed by atoms with Gasteiger partial charge >= 0.3 is 0 Å². The van der Waals surface area contributed by atoms with Crippen LogP contribution in [-0.2, 0) is 4.74 Å². The summed E-state index contributed by atoms with van der Waals surface area (Å²) in [5.74, 6) is 0.940. The molecule has 35 heavy (non-hydrogen) atoms. The Labute approximate surface area is 205 Å². The molecule has 0 bridgehead atoms. The standard InChI is InChI=1S/C25H23ClFN5O3/c1-12-13(2)28-22-18(17-6-5-16(26)10-19(17)27)11-20(31-32(22)25(12)33)15-7-8-34-21(9-15)24-30-29-23(35-24)14-3-4-14/h5-6,10-11,14-15,21H,3-4,7-9H2,1-2H3/t15-,21+/m0/s1. The number of aryl methyl sites for hydroxylation is 1. The lowest BCUT2D eigenvalue weighted by Gasteiger charge is -2.27. The number of rotatable bonds is 4. The number of nitrogens with zero attached hydrogens (tertiary/aromatic N) is 5. The summed E-state index contributed by atoms with van der Waals surface area (Å²) in [5.41, 5.74) is 2.55. The largest absolute Gasteiger partial charge is 0.422 e. The first-order chi connectivity index (χ1) is 16.9. The molecule has 2 atom stereocenters. The fraction of sp³-hybridized carbons (Fsp3) is 0.400. The van der Waals surface area contributed by atoms with Crippen LogP contribution < -0.4 is 5.56 Å². The van der Waals surface area contributed by atoms with Crippen molar-refractivity contribution in [1.29, 1.82) is 0 Å². The Balaban J connectivity index is 1.45. The highest BCUT2D eigenvalue weighted by Gasteiger charge is 2.34. The average molecular weight is 496 g/mol. The van der Waals surface area contributed by atoms with E-state index in [0.717, 1.165) is 12.8 Å². The Kier molecular flexibility index (Phi) is 5.41. The normalized spacial score (nSPS) is 20.5. The van der Waals surface area contributed by atoms with Crippen molar-refractivity contribution < 1.29 is 13.5 Å². The molecule has 2 fully saturated rings. The minimum absolute atomic E-state index is 0.0583. The molecular weight excluding hydrogens is 473 g/mol. The van der Waals surface area contributed by atoms with Gasteiger partial charge in [0, 0.05) is 45.8 Å². The zero-order chi connectivity index (χ0) is 24.3. The fourth-order valence-corrected chi connectivity index (χ4v) is 4.70. The maximum atomic E-state index is 15.0. The molecule has 180 valence electrons. The van der Waals surface area contributed by atoms with Gasteiger partial charge < -0.3 is 9.15 Å². The SMILES string of the molecule is Cc1nc2c(-c3ccc(Cl)cc3F)cc([C@H]3CCO[C@@H](c4nnc(C5CC5)o4)C3)nn2c(=O)c1C. The third-order valence-corrected chi connectivity index (χ3v) is 7.10. The summed E-state index contributed by atoms with van der Waals surface area (Å²) in [4.78, 5) is 17.7. The van der Waals surface area contributed by atoms with Gasteiger partial charge in [-0.25, -0.2) is 9.37 Å². The first-order valence-corrected chi connectivity index (χ1v) is 12.1. The highest BCUT2D eigenvalue weighted by atomic mass is 35.5. The molecule has 1 saturated heterocycles. The van der Waals surface area contributed by atoms with Crippen LogP contribution >= 0.6 is 11.6 Å². The monoisotopic (exact) mass is 495 g/mol. The summed E-state index contributed by atoms with van der Waals surface area (Å²) in [7, 11) is 0. The van der Waals surface area contributed by atoms with E-state index in [2.05, 4.69) is 20.3 Å². The first kappa shape index (κ1) is 22.3. The average Bonchev–Trinajstić information content (AvgIpc) is 3.59. The zero-order valence-electron chi connectivity index (χ0n) is 19.3. The maximum Gasteiger partial charge on any atom is 0.277 e. The van der Waals surface area contributed by atoms with Gasteiger partial charge in [-0.1, -0.05) is 11.6 Å².